The third kappa shape index (κ3) is 4.87. The lowest BCUT2D eigenvalue weighted by Gasteiger charge is -2.23. The zero-order valence-electron chi connectivity index (χ0n) is 11.6. The van der Waals surface area contributed by atoms with Crippen molar-refractivity contribution in [3.63, 3.8) is 0 Å². The number of hydrogen-bond donors (Lipinski definition) is 1. The van der Waals surface area contributed by atoms with Crippen molar-refractivity contribution < 1.29 is 14.3 Å². The number of carbonyl (C=O) groups excluding carboxylic acids is 1. The number of hydrogen-bond acceptors (Lipinski definition) is 4. The number of nitrogens with one attached hydrogen (secondary N) is 1. The molecule has 1 aromatic rings. The van der Waals surface area contributed by atoms with Gasteiger partial charge in [0.2, 0.25) is 0 Å². The number of aromatic nitrogens is 1. The van der Waals surface area contributed by atoms with E-state index in [1.165, 1.54) is 0 Å². The van der Waals surface area contributed by atoms with Gasteiger partial charge >= 0.3 is 6.09 Å². The molecular weight excluding hydrogens is 244 g/mol. The molecule has 1 aliphatic rings. The number of nitrogens with zero attached hydrogens (tertiary/aromatic N) is 1. The number of rotatable bonds is 4. The van der Waals surface area contributed by atoms with Crippen LogP contribution in [-0.4, -0.2) is 35.4 Å². The van der Waals surface area contributed by atoms with Crippen LogP contribution in [0.1, 0.15) is 26.3 Å². The molecule has 2 atom stereocenters. The Labute approximate surface area is 113 Å². The topological polar surface area (TPSA) is 63.8 Å². The monoisotopic (exact) mass is 264 g/mol. The van der Waals surface area contributed by atoms with Gasteiger partial charge in [-0.3, -0.25) is 4.98 Å². The lowest BCUT2D eigenvalue weighted by Crippen LogP contribution is -2.43. The molecule has 0 unspecified atom stereocenters. The summed E-state index contributed by atoms with van der Waals surface area (Å²) in [4.78, 5) is 15.8. The van der Waals surface area contributed by atoms with E-state index in [-0.39, 0.29) is 12.1 Å². The second kappa shape index (κ2) is 5.57. The Morgan fingerprint density at radius 1 is 1.53 bits per heavy atom. The van der Waals surface area contributed by atoms with Crippen LogP contribution in [0.25, 0.3) is 0 Å². The fourth-order valence-electron chi connectivity index (χ4n) is 1.80. The van der Waals surface area contributed by atoms with Gasteiger partial charge in [-0.05, 0) is 44.9 Å². The molecule has 1 aromatic heterocycles. The van der Waals surface area contributed by atoms with Gasteiger partial charge in [-0.15, -0.1) is 0 Å². The van der Waals surface area contributed by atoms with Crippen LogP contribution in [0.15, 0.2) is 24.5 Å². The average Bonchev–Trinajstić information content (AvgIpc) is 3.10. The van der Waals surface area contributed by atoms with Gasteiger partial charge in [0.15, 0.2) is 0 Å². The number of pyridine rings is 1. The van der Waals surface area contributed by atoms with Crippen LogP contribution in [0, 0.1) is 0 Å². The van der Waals surface area contributed by atoms with Crippen LogP contribution < -0.4 is 5.32 Å². The molecule has 1 fully saturated rings. The second-order valence-electron chi connectivity index (χ2n) is 5.68. The highest BCUT2D eigenvalue weighted by Gasteiger charge is 2.34. The molecular formula is C14H20N2O3. The molecule has 1 saturated heterocycles. The van der Waals surface area contributed by atoms with Crippen molar-refractivity contribution in [2.24, 2.45) is 0 Å². The molecule has 1 amide bonds. The van der Waals surface area contributed by atoms with E-state index in [0.29, 0.717) is 13.0 Å². The molecule has 0 saturated carbocycles. The van der Waals surface area contributed by atoms with E-state index in [2.05, 4.69) is 10.3 Å². The summed E-state index contributed by atoms with van der Waals surface area (Å²) in [5.74, 6) is 0. The predicted octanol–water partition coefficient (Wildman–Crippen LogP) is 1.92. The Morgan fingerprint density at radius 2 is 2.16 bits per heavy atom. The van der Waals surface area contributed by atoms with E-state index in [9.17, 15) is 4.79 Å². The molecule has 2 heterocycles. The fraction of sp³-hybridized carbons (Fsp3) is 0.571. The largest absolute Gasteiger partial charge is 0.444 e. The molecule has 0 spiro atoms. The van der Waals surface area contributed by atoms with Crippen molar-refractivity contribution >= 4 is 6.09 Å². The molecule has 1 aliphatic heterocycles. The van der Waals surface area contributed by atoms with Gasteiger partial charge in [0.25, 0.3) is 0 Å². The van der Waals surface area contributed by atoms with E-state index in [1.54, 1.807) is 12.4 Å². The minimum Gasteiger partial charge on any atom is -0.444 e. The van der Waals surface area contributed by atoms with E-state index in [1.807, 2.05) is 32.9 Å². The lowest BCUT2D eigenvalue weighted by atomic mass is 10.1. The third-order valence-electron chi connectivity index (χ3n) is 2.72. The zero-order valence-corrected chi connectivity index (χ0v) is 11.6. The van der Waals surface area contributed by atoms with Gasteiger partial charge < -0.3 is 14.8 Å². The quantitative estimate of drug-likeness (QED) is 0.844. The average molecular weight is 264 g/mol. The van der Waals surface area contributed by atoms with Crippen molar-refractivity contribution in [2.45, 2.75) is 44.9 Å². The molecule has 0 radical (unpaired) electrons. The van der Waals surface area contributed by atoms with Gasteiger partial charge in [0.1, 0.15) is 11.7 Å². The highest BCUT2D eigenvalue weighted by atomic mass is 16.6. The van der Waals surface area contributed by atoms with Crippen LogP contribution in [0.2, 0.25) is 0 Å². The summed E-state index contributed by atoms with van der Waals surface area (Å²) in [6.45, 7) is 6.22. The maximum atomic E-state index is 11.8. The lowest BCUT2D eigenvalue weighted by molar-refractivity contribution is 0.0495. The standard InChI is InChI=1S/C14H20N2O3/c1-14(2,3)19-13(17)16-11(12-9-18-12)8-10-4-6-15-7-5-10/h4-7,11-12H,8-9H2,1-3H3,(H,16,17)/t11-,12+/m0/s1. The Bertz CT molecular complexity index is 424. The van der Waals surface area contributed by atoms with Gasteiger partial charge in [0.05, 0.1) is 12.6 Å². The number of ether oxygens (including phenoxy) is 2. The highest BCUT2D eigenvalue weighted by molar-refractivity contribution is 5.68. The molecule has 5 nitrogen and oxygen atoms in total. The number of amides is 1. The first-order valence-corrected chi connectivity index (χ1v) is 6.44. The molecule has 2 rings (SSSR count). The Balaban J connectivity index is 1.92. The molecule has 104 valence electrons. The van der Waals surface area contributed by atoms with Crippen LogP contribution in [0.3, 0.4) is 0 Å². The van der Waals surface area contributed by atoms with Gasteiger partial charge in [0, 0.05) is 12.4 Å². The van der Waals surface area contributed by atoms with E-state index < -0.39 is 11.7 Å². The van der Waals surface area contributed by atoms with Gasteiger partial charge in [-0.25, -0.2) is 4.79 Å². The third-order valence-corrected chi connectivity index (χ3v) is 2.72. The summed E-state index contributed by atoms with van der Waals surface area (Å²) in [5.41, 5.74) is 0.627. The summed E-state index contributed by atoms with van der Waals surface area (Å²) in [5, 5.41) is 2.88. The fourth-order valence-corrected chi connectivity index (χ4v) is 1.80. The first-order valence-electron chi connectivity index (χ1n) is 6.44. The molecule has 19 heavy (non-hydrogen) atoms. The summed E-state index contributed by atoms with van der Waals surface area (Å²) < 4.78 is 10.6. The second-order valence-corrected chi connectivity index (χ2v) is 5.68. The first-order chi connectivity index (χ1) is 8.94. The molecule has 1 N–H and O–H groups in total. The van der Waals surface area contributed by atoms with Gasteiger partial charge in [-0.2, -0.15) is 0 Å². The van der Waals surface area contributed by atoms with Crippen LogP contribution in [0.5, 0.6) is 0 Å². The summed E-state index contributed by atoms with van der Waals surface area (Å²) in [6, 6.07) is 3.82. The van der Waals surface area contributed by atoms with Crippen LogP contribution in [-0.2, 0) is 15.9 Å². The SMILES string of the molecule is CC(C)(C)OC(=O)N[C@@H](Cc1ccncc1)[C@H]1CO1. The summed E-state index contributed by atoms with van der Waals surface area (Å²) in [7, 11) is 0. The van der Waals surface area contributed by atoms with E-state index in [4.69, 9.17) is 9.47 Å². The highest BCUT2D eigenvalue weighted by Crippen LogP contribution is 2.18. The molecule has 5 heteroatoms. The minimum absolute atomic E-state index is 0.0581. The predicted molar refractivity (Wildman–Crippen MR) is 70.8 cm³/mol. The zero-order chi connectivity index (χ0) is 13.9. The van der Waals surface area contributed by atoms with Gasteiger partial charge in [-0.1, -0.05) is 0 Å². The summed E-state index contributed by atoms with van der Waals surface area (Å²) >= 11 is 0. The Morgan fingerprint density at radius 3 is 2.68 bits per heavy atom. The first kappa shape index (κ1) is 13.8. The normalized spacial score (nSPS) is 19.6. The Kier molecular flexibility index (Phi) is 4.04. The maximum absolute atomic E-state index is 11.8. The molecule has 0 aromatic carbocycles. The van der Waals surface area contributed by atoms with Crippen molar-refractivity contribution in [2.75, 3.05) is 6.61 Å². The Hall–Kier alpha value is -1.62. The van der Waals surface area contributed by atoms with Crippen LogP contribution >= 0.6 is 0 Å². The number of epoxide rings is 1. The maximum Gasteiger partial charge on any atom is 0.407 e. The minimum atomic E-state index is -0.490. The number of carbonyl (C=O) groups is 1. The summed E-state index contributed by atoms with van der Waals surface area (Å²) in [6.07, 6.45) is 3.89. The van der Waals surface area contributed by atoms with Crippen molar-refractivity contribution in [1.82, 2.24) is 10.3 Å². The molecule has 0 bridgehead atoms. The number of alkyl carbamates (subject to hydrolysis) is 1. The smallest absolute Gasteiger partial charge is 0.407 e. The van der Waals surface area contributed by atoms with Crippen molar-refractivity contribution in [1.29, 1.82) is 0 Å². The van der Waals surface area contributed by atoms with Crippen LogP contribution in [0.4, 0.5) is 4.79 Å². The van der Waals surface area contributed by atoms with E-state index in [0.717, 1.165) is 5.56 Å². The van der Waals surface area contributed by atoms with E-state index >= 15 is 0 Å². The molecule has 0 aliphatic carbocycles. The van der Waals surface area contributed by atoms with Crippen molar-refractivity contribution in [3.05, 3.63) is 30.1 Å². The van der Waals surface area contributed by atoms with Crippen molar-refractivity contribution in [3.8, 4) is 0 Å².